The van der Waals surface area contributed by atoms with Gasteiger partial charge in [-0.25, -0.2) is 0 Å². The fourth-order valence-electron chi connectivity index (χ4n) is 1.58. The zero-order valence-corrected chi connectivity index (χ0v) is 15.3. The summed E-state index contributed by atoms with van der Waals surface area (Å²) in [5.41, 5.74) is 1.22. The Hall–Kier alpha value is -1.75. The van der Waals surface area contributed by atoms with Crippen molar-refractivity contribution in [1.82, 2.24) is 0 Å². The number of Topliss-reactive ketones (excluding diaryl/α,β-unsaturated/α-hetero) is 1. The van der Waals surface area contributed by atoms with Gasteiger partial charge in [0.15, 0.2) is 5.78 Å². The predicted molar refractivity (Wildman–Crippen MR) is 101 cm³/mol. The minimum Gasteiger partial charge on any atom is -0.380 e. The minimum absolute atomic E-state index is 0.153. The monoisotopic (exact) mass is 346 g/mol. The number of ketones is 1. The van der Waals surface area contributed by atoms with Crippen molar-refractivity contribution in [2.45, 2.75) is 20.5 Å². The van der Waals surface area contributed by atoms with Crippen molar-refractivity contribution in [1.29, 1.82) is 0 Å². The molecule has 0 fully saturated rings. The summed E-state index contributed by atoms with van der Waals surface area (Å²) in [4.78, 5) is 12.7. The van der Waals surface area contributed by atoms with Crippen LogP contribution in [0.5, 0.6) is 0 Å². The number of methoxy groups -OCH3 is 1. The third-order valence-corrected chi connectivity index (χ3v) is 4.46. The molecule has 0 N–H and O–H groups in total. The number of rotatable bonds is 3. The maximum atomic E-state index is 10.5. The number of ether oxygens (including phenoxy) is 1. The predicted octanol–water partition coefficient (Wildman–Crippen LogP) is 5.84. The first-order chi connectivity index (χ1) is 11.1. The normalized spacial score (nSPS) is 9.17. The Bertz CT molecular complexity index is 629. The number of carbonyl (C=O) groups is 1. The summed E-state index contributed by atoms with van der Waals surface area (Å²) in [5, 5.41) is 3.98. The third kappa shape index (κ3) is 9.08. The zero-order valence-electron chi connectivity index (χ0n) is 13.7. The molecule has 23 heavy (non-hydrogen) atoms. The molecule has 0 aliphatic rings. The Labute approximate surface area is 146 Å². The van der Waals surface area contributed by atoms with Crippen LogP contribution >= 0.6 is 22.7 Å². The molecular weight excluding hydrogens is 324 g/mol. The number of hydrogen-bond acceptors (Lipinski definition) is 4. The highest BCUT2D eigenvalue weighted by molar-refractivity contribution is 7.12. The van der Waals surface area contributed by atoms with E-state index < -0.39 is 0 Å². The molecule has 0 spiro atoms. The van der Waals surface area contributed by atoms with E-state index in [1.807, 2.05) is 47.8 Å². The molecule has 3 rings (SSSR count). The van der Waals surface area contributed by atoms with E-state index in [9.17, 15) is 4.79 Å². The van der Waals surface area contributed by atoms with Crippen LogP contribution in [0, 0.1) is 6.92 Å². The second kappa shape index (κ2) is 11.8. The summed E-state index contributed by atoms with van der Waals surface area (Å²) in [5.74, 6) is 0.153. The van der Waals surface area contributed by atoms with Gasteiger partial charge in [0.25, 0.3) is 0 Å². The quantitative estimate of drug-likeness (QED) is 0.557. The highest BCUT2D eigenvalue weighted by Gasteiger charge is 1.95. The molecule has 0 unspecified atom stereocenters. The lowest BCUT2D eigenvalue weighted by atomic mass is 10.2. The van der Waals surface area contributed by atoms with Crippen LogP contribution in [-0.2, 0) is 11.3 Å². The molecule has 0 saturated carbocycles. The minimum atomic E-state index is 0.153. The molecule has 122 valence electrons. The summed E-state index contributed by atoms with van der Waals surface area (Å²) < 4.78 is 4.93. The second-order valence-corrected chi connectivity index (χ2v) is 6.78. The van der Waals surface area contributed by atoms with Gasteiger partial charge in [0, 0.05) is 12.0 Å². The number of hydrogen-bond donors (Lipinski definition) is 0. The van der Waals surface area contributed by atoms with Gasteiger partial charge in [0.1, 0.15) is 0 Å². The Morgan fingerprint density at radius 1 is 0.957 bits per heavy atom. The lowest BCUT2D eigenvalue weighted by Gasteiger charge is -1.95. The highest BCUT2D eigenvalue weighted by atomic mass is 32.1. The maximum Gasteiger partial charge on any atom is 0.169 e. The Morgan fingerprint density at radius 3 is 1.96 bits per heavy atom. The van der Waals surface area contributed by atoms with Crippen LogP contribution in [0.2, 0.25) is 0 Å². The molecule has 2 nitrogen and oxygen atoms in total. The van der Waals surface area contributed by atoms with Crippen molar-refractivity contribution in [2.75, 3.05) is 7.11 Å². The summed E-state index contributed by atoms with van der Waals surface area (Å²) in [7, 11) is 1.70. The molecule has 0 atom stereocenters. The fraction of sp³-hybridized carbons (Fsp3) is 0.211. The van der Waals surface area contributed by atoms with Gasteiger partial charge in [0.05, 0.1) is 11.5 Å². The zero-order chi connectivity index (χ0) is 16.9. The number of carbonyl (C=O) groups excluding carboxylic acids is 1. The molecule has 1 aromatic carbocycles. The Balaban J connectivity index is 0.000000176. The van der Waals surface area contributed by atoms with E-state index in [1.54, 1.807) is 25.4 Å². The van der Waals surface area contributed by atoms with Crippen molar-refractivity contribution < 1.29 is 9.53 Å². The molecule has 0 amide bonds. The van der Waals surface area contributed by atoms with Crippen LogP contribution in [0.1, 0.15) is 27.0 Å². The van der Waals surface area contributed by atoms with Crippen LogP contribution in [0.25, 0.3) is 0 Å². The summed E-state index contributed by atoms with van der Waals surface area (Å²) >= 11 is 3.26. The van der Waals surface area contributed by atoms with E-state index in [0.717, 1.165) is 4.88 Å². The van der Waals surface area contributed by atoms with Crippen molar-refractivity contribution >= 4 is 28.5 Å². The van der Waals surface area contributed by atoms with Gasteiger partial charge < -0.3 is 4.74 Å². The topological polar surface area (TPSA) is 26.3 Å². The first-order valence-corrected chi connectivity index (χ1v) is 8.96. The van der Waals surface area contributed by atoms with Crippen molar-refractivity contribution in [3.8, 4) is 0 Å². The van der Waals surface area contributed by atoms with Gasteiger partial charge in [-0.2, -0.15) is 0 Å². The fourth-order valence-corrected chi connectivity index (χ4v) is 2.74. The number of aryl methyl sites for hydroxylation is 1. The van der Waals surface area contributed by atoms with Crippen LogP contribution in [0.15, 0.2) is 65.4 Å². The van der Waals surface area contributed by atoms with Crippen molar-refractivity contribution in [3.05, 3.63) is 80.7 Å². The van der Waals surface area contributed by atoms with E-state index >= 15 is 0 Å². The highest BCUT2D eigenvalue weighted by Crippen LogP contribution is 2.07. The molecule has 0 bridgehead atoms. The van der Waals surface area contributed by atoms with Crippen LogP contribution in [0.3, 0.4) is 0 Å². The Kier molecular flexibility index (Phi) is 9.87. The van der Waals surface area contributed by atoms with Gasteiger partial charge in [-0.15, -0.1) is 22.7 Å². The molecule has 3 aromatic rings. The van der Waals surface area contributed by atoms with Crippen LogP contribution in [-0.4, -0.2) is 12.9 Å². The second-order valence-electron chi connectivity index (χ2n) is 4.68. The van der Waals surface area contributed by atoms with Crippen LogP contribution in [0.4, 0.5) is 0 Å². The van der Waals surface area contributed by atoms with Gasteiger partial charge in [0.2, 0.25) is 0 Å². The Morgan fingerprint density at radius 2 is 1.61 bits per heavy atom. The third-order valence-electron chi connectivity index (χ3n) is 2.69. The van der Waals surface area contributed by atoms with Gasteiger partial charge in [-0.3, -0.25) is 4.79 Å². The molecule has 0 aliphatic heterocycles. The summed E-state index contributed by atoms with van der Waals surface area (Å²) in [6, 6.07) is 18.0. The largest absolute Gasteiger partial charge is 0.380 e. The molecule has 0 aliphatic carbocycles. The van der Waals surface area contributed by atoms with E-state index in [4.69, 9.17) is 4.74 Å². The first kappa shape index (κ1) is 19.3. The standard InChI is InChI=1S/C8H10O.C6H6OS.C5H6S/c1-9-7-8-5-3-2-4-6-8;1-5(7)6-3-2-4-8-6;1-5-3-2-4-6-5/h2-6H,7H2,1H3;2-4H,1H3;2-4H,1H3. The van der Waals surface area contributed by atoms with E-state index in [1.165, 1.54) is 21.8 Å². The number of benzene rings is 1. The lowest BCUT2D eigenvalue weighted by Crippen LogP contribution is -1.84. The molecule has 2 aromatic heterocycles. The molecule has 0 saturated heterocycles. The van der Waals surface area contributed by atoms with E-state index in [2.05, 4.69) is 24.4 Å². The molecule has 0 radical (unpaired) electrons. The van der Waals surface area contributed by atoms with E-state index in [-0.39, 0.29) is 5.78 Å². The summed E-state index contributed by atoms with van der Waals surface area (Å²) in [6.45, 7) is 4.39. The molecule has 2 heterocycles. The average Bonchev–Trinajstić information content (AvgIpc) is 3.23. The van der Waals surface area contributed by atoms with E-state index in [0.29, 0.717) is 6.61 Å². The van der Waals surface area contributed by atoms with Crippen molar-refractivity contribution in [3.63, 3.8) is 0 Å². The first-order valence-electron chi connectivity index (χ1n) is 7.21. The molecule has 4 heteroatoms. The SMILES string of the molecule is CC(=O)c1cccs1.COCc1ccccc1.Cc1cccs1. The van der Waals surface area contributed by atoms with Gasteiger partial charge in [-0.1, -0.05) is 42.5 Å². The lowest BCUT2D eigenvalue weighted by molar-refractivity contribution is 0.102. The van der Waals surface area contributed by atoms with Gasteiger partial charge >= 0.3 is 0 Å². The molecular formula is C19H22O2S2. The average molecular weight is 347 g/mol. The number of thiophene rings is 2. The van der Waals surface area contributed by atoms with Gasteiger partial charge in [-0.05, 0) is 42.3 Å². The van der Waals surface area contributed by atoms with Crippen molar-refractivity contribution in [2.24, 2.45) is 0 Å². The summed E-state index contributed by atoms with van der Waals surface area (Å²) in [6.07, 6.45) is 0. The maximum absolute atomic E-state index is 10.5. The van der Waals surface area contributed by atoms with Crippen LogP contribution < -0.4 is 0 Å². The smallest absolute Gasteiger partial charge is 0.169 e.